The van der Waals surface area contributed by atoms with Gasteiger partial charge in [0.2, 0.25) is 5.91 Å². The van der Waals surface area contributed by atoms with E-state index in [1.54, 1.807) is 13.3 Å². The number of hydrogen-bond donors (Lipinski definition) is 2. The number of amides is 1. The molecule has 1 saturated heterocycles. The van der Waals surface area contributed by atoms with Crippen LogP contribution in [0, 0.1) is 0 Å². The zero-order chi connectivity index (χ0) is 18.7. The Morgan fingerprint density at radius 1 is 1.37 bits per heavy atom. The van der Waals surface area contributed by atoms with Gasteiger partial charge in [0, 0.05) is 26.4 Å². The highest BCUT2D eigenvalue weighted by Crippen LogP contribution is 2.37. The molecule has 1 amide bonds. The Labute approximate surface area is 160 Å². The summed E-state index contributed by atoms with van der Waals surface area (Å²) < 4.78 is 5.05. The summed E-state index contributed by atoms with van der Waals surface area (Å²) in [5.74, 6) is 2.02. The number of nitrogens with one attached hydrogen (secondary N) is 2. The fourth-order valence-corrected chi connectivity index (χ4v) is 4.37. The van der Waals surface area contributed by atoms with Gasteiger partial charge >= 0.3 is 0 Å². The number of fused-ring (bicyclic) bond motifs is 1. The van der Waals surface area contributed by atoms with Crippen molar-refractivity contribution in [3.05, 3.63) is 18.3 Å². The lowest BCUT2D eigenvalue weighted by atomic mass is 9.84. The molecular formula is C20H29N5O2. The molecule has 0 radical (unpaired) electrons. The molecule has 3 aliphatic rings. The Morgan fingerprint density at radius 2 is 2.15 bits per heavy atom. The molecule has 146 valence electrons. The number of pyridine rings is 1. The van der Waals surface area contributed by atoms with Crippen LogP contribution in [0.3, 0.4) is 0 Å². The van der Waals surface area contributed by atoms with E-state index in [0.717, 1.165) is 56.1 Å². The van der Waals surface area contributed by atoms with Crippen molar-refractivity contribution < 1.29 is 9.53 Å². The lowest BCUT2D eigenvalue weighted by molar-refractivity contribution is -0.133. The largest absolute Gasteiger partial charge is 0.384 e. The molecule has 7 heteroatoms. The molecular weight excluding hydrogens is 342 g/mol. The van der Waals surface area contributed by atoms with Gasteiger partial charge in [-0.25, -0.2) is 4.98 Å². The fourth-order valence-electron chi connectivity index (χ4n) is 4.37. The van der Waals surface area contributed by atoms with Crippen LogP contribution in [-0.2, 0) is 9.53 Å². The van der Waals surface area contributed by atoms with Crippen molar-refractivity contribution in [1.29, 1.82) is 0 Å². The van der Waals surface area contributed by atoms with E-state index in [-0.39, 0.29) is 11.4 Å². The Balaban J connectivity index is 1.54. The molecule has 2 aliphatic heterocycles. The SMILES string of the molecule is COCCC(=O)N1CCC2(CC1)Nc1cccnc1NC2=NC1CCCC1. The van der Waals surface area contributed by atoms with Crippen molar-refractivity contribution in [2.24, 2.45) is 4.99 Å². The number of carbonyl (C=O) groups is 1. The first-order valence-corrected chi connectivity index (χ1v) is 10.1. The first-order valence-electron chi connectivity index (χ1n) is 10.1. The number of aliphatic imine (C=N–C) groups is 1. The van der Waals surface area contributed by atoms with E-state index < -0.39 is 0 Å². The molecule has 3 heterocycles. The number of rotatable bonds is 4. The van der Waals surface area contributed by atoms with E-state index in [1.807, 2.05) is 11.0 Å². The summed E-state index contributed by atoms with van der Waals surface area (Å²) in [6.45, 7) is 1.95. The van der Waals surface area contributed by atoms with Crippen molar-refractivity contribution in [2.45, 2.75) is 56.5 Å². The first kappa shape index (κ1) is 18.2. The minimum atomic E-state index is -0.239. The highest BCUT2D eigenvalue weighted by atomic mass is 16.5. The molecule has 7 nitrogen and oxygen atoms in total. The molecule has 1 aliphatic carbocycles. The Kier molecular flexibility index (Phi) is 5.29. The third-order valence-corrected chi connectivity index (χ3v) is 6.00. The van der Waals surface area contributed by atoms with Crippen molar-refractivity contribution in [3.8, 4) is 0 Å². The zero-order valence-corrected chi connectivity index (χ0v) is 16.0. The summed E-state index contributed by atoms with van der Waals surface area (Å²) in [4.78, 5) is 23.9. The molecule has 0 aromatic carbocycles. The third kappa shape index (κ3) is 3.78. The number of aromatic nitrogens is 1. The summed E-state index contributed by atoms with van der Waals surface area (Å²) >= 11 is 0. The van der Waals surface area contributed by atoms with Gasteiger partial charge in [0.25, 0.3) is 0 Å². The van der Waals surface area contributed by atoms with Crippen LogP contribution in [-0.4, -0.2) is 60.0 Å². The highest BCUT2D eigenvalue weighted by Gasteiger charge is 2.44. The predicted octanol–water partition coefficient (Wildman–Crippen LogP) is 2.66. The second-order valence-electron chi connectivity index (χ2n) is 7.77. The Bertz CT molecular complexity index is 706. The molecule has 1 aromatic heterocycles. The van der Waals surface area contributed by atoms with Gasteiger partial charge in [-0.2, -0.15) is 0 Å². The second kappa shape index (κ2) is 7.84. The summed E-state index contributed by atoms with van der Waals surface area (Å²) in [6.07, 6.45) is 8.80. The van der Waals surface area contributed by atoms with E-state index in [1.165, 1.54) is 12.8 Å². The van der Waals surface area contributed by atoms with Crippen molar-refractivity contribution in [1.82, 2.24) is 9.88 Å². The van der Waals surface area contributed by atoms with Crippen molar-refractivity contribution in [2.75, 3.05) is 37.4 Å². The van der Waals surface area contributed by atoms with Crippen LogP contribution in [0.15, 0.2) is 23.3 Å². The quantitative estimate of drug-likeness (QED) is 0.851. The molecule has 2 fully saturated rings. The molecule has 1 saturated carbocycles. The molecule has 0 unspecified atom stereocenters. The third-order valence-electron chi connectivity index (χ3n) is 6.00. The van der Waals surface area contributed by atoms with Gasteiger partial charge in [0.05, 0.1) is 30.3 Å². The number of nitrogens with zero attached hydrogens (tertiary/aromatic N) is 3. The minimum absolute atomic E-state index is 0.173. The number of carbonyl (C=O) groups excluding carboxylic acids is 1. The Morgan fingerprint density at radius 3 is 2.89 bits per heavy atom. The molecule has 0 atom stereocenters. The van der Waals surface area contributed by atoms with Gasteiger partial charge in [-0.3, -0.25) is 9.79 Å². The number of anilines is 2. The highest BCUT2D eigenvalue weighted by molar-refractivity contribution is 6.08. The number of hydrogen-bond acceptors (Lipinski definition) is 5. The van der Waals surface area contributed by atoms with Crippen LogP contribution in [0.1, 0.15) is 44.9 Å². The molecule has 0 bridgehead atoms. The van der Waals surface area contributed by atoms with Crippen LogP contribution in [0.2, 0.25) is 0 Å². The summed E-state index contributed by atoms with van der Waals surface area (Å²) in [5.41, 5.74) is 0.776. The maximum absolute atomic E-state index is 12.4. The van der Waals surface area contributed by atoms with Crippen molar-refractivity contribution >= 4 is 23.2 Å². The standard InChI is InChI=1S/C20H29N5O2/c1-27-14-8-17(26)25-12-9-20(10-13-25)19(22-15-5-2-3-6-15)23-18-16(24-20)7-4-11-21-18/h4,7,11,15,24H,2-3,5-6,8-10,12-14H2,1H3,(H,21,22,23). The molecule has 2 N–H and O–H groups in total. The first-order chi connectivity index (χ1) is 13.2. The fraction of sp³-hybridized carbons (Fsp3) is 0.650. The Hall–Kier alpha value is -2.15. The average Bonchev–Trinajstić information content (AvgIpc) is 3.20. The van der Waals surface area contributed by atoms with Gasteiger partial charge in [0.1, 0.15) is 5.84 Å². The maximum atomic E-state index is 12.4. The number of piperidine rings is 1. The van der Waals surface area contributed by atoms with Gasteiger partial charge in [-0.15, -0.1) is 0 Å². The van der Waals surface area contributed by atoms with Gasteiger partial charge in [-0.1, -0.05) is 12.8 Å². The van der Waals surface area contributed by atoms with Gasteiger partial charge in [-0.05, 0) is 37.8 Å². The monoisotopic (exact) mass is 371 g/mol. The smallest absolute Gasteiger partial charge is 0.224 e. The normalized spacial score (nSPS) is 23.1. The van der Waals surface area contributed by atoms with E-state index in [4.69, 9.17) is 9.73 Å². The van der Waals surface area contributed by atoms with E-state index in [0.29, 0.717) is 19.1 Å². The summed E-state index contributed by atoms with van der Waals surface area (Å²) in [5, 5.41) is 7.24. The van der Waals surface area contributed by atoms with Crippen molar-refractivity contribution in [3.63, 3.8) is 0 Å². The maximum Gasteiger partial charge on any atom is 0.224 e. The number of likely N-dealkylation sites (tertiary alicyclic amines) is 1. The number of amidine groups is 1. The summed E-state index contributed by atoms with van der Waals surface area (Å²) in [6, 6.07) is 4.40. The van der Waals surface area contributed by atoms with Crippen LogP contribution in [0.25, 0.3) is 0 Å². The lowest BCUT2D eigenvalue weighted by Crippen LogP contribution is -2.59. The van der Waals surface area contributed by atoms with Crippen LogP contribution in [0.5, 0.6) is 0 Å². The van der Waals surface area contributed by atoms with E-state index in [2.05, 4.69) is 21.7 Å². The minimum Gasteiger partial charge on any atom is -0.384 e. The number of methoxy groups -OCH3 is 1. The molecule has 1 spiro atoms. The van der Waals surface area contributed by atoms with Gasteiger partial charge < -0.3 is 20.3 Å². The van der Waals surface area contributed by atoms with Crippen LogP contribution in [0.4, 0.5) is 11.5 Å². The molecule has 27 heavy (non-hydrogen) atoms. The topological polar surface area (TPSA) is 78.8 Å². The van der Waals surface area contributed by atoms with Gasteiger partial charge in [0.15, 0.2) is 5.82 Å². The van der Waals surface area contributed by atoms with E-state index in [9.17, 15) is 4.79 Å². The zero-order valence-electron chi connectivity index (χ0n) is 16.0. The van der Waals surface area contributed by atoms with E-state index >= 15 is 0 Å². The molecule has 4 rings (SSSR count). The van der Waals surface area contributed by atoms with Crippen LogP contribution < -0.4 is 10.6 Å². The average molecular weight is 371 g/mol. The summed E-state index contributed by atoms with van der Waals surface area (Å²) in [7, 11) is 1.63. The predicted molar refractivity (Wildman–Crippen MR) is 106 cm³/mol. The second-order valence-corrected chi connectivity index (χ2v) is 7.77. The number of ether oxygens (including phenoxy) is 1. The lowest BCUT2D eigenvalue weighted by Gasteiger charge is -2.46. The van der Waals surface area contributed by atoms with Crippen LogP contribution >= 0.6 is 0 Å². The molecule has 1 aromatic rings.